The van der Waals surface area contributed by atoms with Crippen LogP contribution in [0.4, 0.5) is 11.8 Å². The molecule has 2 heterocycles. The Bertz CT molecular complexity index is 522. The average Bonchev–Trinajstić information content (AvgIpc) is 2.58. The van der Waals surface area contributed by atoms with Crippen molar-refractivity contribution in [2.45, 2.75) is 26.8 Å². The average molecular weight is 249 g/mol. The van der Waals surface area contributed by atoms with E-state index in [9.17, 15) is 0 Å². The first-order chi connectivity index (χ1) is 8.06. The van der Waals surface area contributed by atoms with Crippen LogP contribution >= 0.6 is 11.3 Å². The summed E-state index contributed by atoms with van der Waals surface area (Å²) in [5.74, 6) is 1.01. The maximum absolute atomic E-state index is 5.54. The van der Waals surface area contributed by atoms with E-state index < -0.39 is 0 Å². The first-order valence-corrected chi connectivity index (χ1v) is 6.17. The number of nitrogens with two attached hydrogens (primary N) is 1. The van der Waals surface area contributed by atoms with E-state index in [0.29, 0.717) is 0 Å². The Hall–Kier alpha value is -1.69. The molecule has 3 N–H and O–H groups in total. The fourth-order valence-electron chi connectivity index (χ4n) is 1.69. The number of rotatable bonds is 3. The molecule has 17 heavy (non-hydrogen) atoms. The first-order valence-electron chi connectivity index (χ1n) is 5.35. The molecule has 0 saturated carbocycles. The van der Waals surface area contributed by atoms with Crippen LogP contribution < -0.4 is 11.1 Å². The van der Waals surface area contributed by atoms with E-state index in [2.05, 4.69) is 27.2 Å². The molecule has 2 aromatic rings. The van der Waals surface area contributed by atoms with Crippen LogP contribution in [-0.4, -0.2) is 15.0 Å². The molecule has 0 aromatic carbocycles. The van der Waals surface area contributed by atoms with Gasteiger partial charge in [-0.05, 0) is 26.8 Å². The van der Waals surface area contributed by atoms with Gasteiger partial charge in [0, 0.05) is 11.1 Å². The monoisotopic (exact) mass is 249 g/mol. The lowest BCUT2D eigenvalue weighted by Crippen LogP contribution is -2.08. The fourth-order valence-corrected chi connectivity index (χ4v) is 2.62. The van der Waals surface area contributed by atoms with Gasteiger partial charge in [-0.3, -0.25) is 0 Å². The number of aromatic nitrogens is 3. The Labute approximate surface area is 104 Å². The number of nitrogens with one attached hydrogen (secondary N) is 1. The summed E-state index contributed by atoms with van der Waals surface area (Å²) in [4.78, 5) is 13.6. The number of hydrogen-bond donors (Lipinski definition) is 2. The van der Waals surface area contributed by atoms with E-state index in [1.54, 1.807) is 23.6 Å². The van der Waals surface area contributed by atoms with Gasteiger partial charge in [-0.1, -0.05) is 0 Å². The smallest absolute Gasteiger partial charge is 0.221 e. The third-order valence-corrected chi connectivity index (χ3v) is 3.63. The van der Waals surface area contributed by atoms with Gasteiger partial charge in [0.25, 0.3) is 0 Å². The highest BCUT2D eigenvalue weighted by Crippen LogP contribution is 2.26. The molecule has 0 fully saturated rings. The Morgan fingerprint density at radius 3 is 2.71 bits per heavy atom. The van der Waals surface area contributed by atoms with Crippen LogP contribution in [0.1, 0.15) is 28.5 Å². The number of hydrogen-bond acceptors (Lipinski definition) is 6. The SMILES string of the molecule is Cc1nc(C)c(C(C)Nc2ccnc(N)n2)s1. The van der Waals surface area contributed by atoms with Crippen LogP contribution in [0.3, 0.4) is 0 Å². The van der Waals surface area contributed by atoms with Gasteiger partial charge in [0.1, 0.15) is 5.82 Å². The van der Waals surface area contributed by atoms with Gasteiger partial charge >= 0.3 is 0 Å². The summed E-state index contributed by atoms with van der Waals surface area (Å²) in [5, 5.41) is 4.37. The Morgan fingerprint density at radius 1 is 1.35 bits per heavy atom. The van der Waals surface area contributed by atoms with Crippen molar-refractivity contribution in [2.24, 2.45) is 0 Å². The number of nitrogen functional groups attached to an aromatic ring is 1. The molecule has 0 aliphatic carbocycles. The number of nitrogens with zero attached hydrogens (tertiary/aromatic N) is 3. The zero-order valence-electron chi connectivity index (χ0n) is 10.1. The molecule has 0 radical (unpaired) electrons. The molecular weight excluding hydrogens is 234 g/mol. The fraction of sp³-hybridized carbons (Fsp3) is 0.364. The molecule has 0 saturated heterocycles. The van der Waals surface area contributed by atoms with Gasteiger partial charge in [0.15, 0.2) is 0 Å². The lowest BCUT2D eigenvalue weighted by atomic mass is 10.2. The summed E-state index contributed by atoms with van der Waals surface area (Å²) in [6.07, 6.45) is 1.64. The second-order valence-corrected chi connectivity index (χ2v) is 5.08. The van der Waals surface area contributed by atoms with Crippen LogP contribution in [0.5, 0.6) is 0 Å². The summed E-state index contributed by atoms with van der Waals surface area (Å²) < 4.78 is 0. The number of anilines is 2. The van der Waals surface area contributed by atoms with Crippen molar-refractivity contribution in [2.75, 3.05) is 11.1 Å². The van der Waals surface area contributed by atoms with Gasteiger partial charge in [-0.2, -0.15) is 4.98 Å². The van der Waals surface area contributed by atoms with Crippen molar-refractivity contribution in [1.82, 2.24) is 15.0 Å². The van der Waals surface area contributed by atoms with Gasteiger partial charge in [0.05, 0.1) is 16.7 Å². The number of thiazole rings is 1. The molecule has 0 spiro atoms. The largest absolute Gasteiger partial charge is 0.368 e. The molecule has 90 valence electrons. The van der Waals surface area contributed by atoms with E-state index in [4.69, 9.17) is 5.73 Å². The molecule has 1 atom stereocenters. The lowest BCUT2D eigenvalue weighted by molar-refractivity contribution is 0.878. The standard InChI is InChI=1S/C11H15N5S/c1-6-10(17-8(3)14-6)7(2)15-9-4-5-13-11(12)16-9/h4-5,7H,1-3H3,(H3,12,13,15,16). The van der Waals surface area contributed by atoms with E-state index in [-0.39, 0.29) is 12.0 Å². The first kappa shape index (κ1) is 11.8. The molecule has 1 unspecified atom stereocenters. The summed E-state index contributed by atoms with van der Waals surface area (Å²) in [6.45, 7) is 6.11. The molecule has 0 aliphatic rings. The normalized spacial score (nSPS) is 12.4. The predicted octanol–water partition coefficient (Wildman–Crippen LogP) is 2.31. The Balaban J connectivity index is 2.16. The molecule has 6 heteroatoms. The topological polar surface area (TPSA) is 76.7 Å². The van der Waals surface area contributed by atoms with E-state index in [1.807, 2.05) is 13.8 Å². The van der Waals surface area contributed by atoms with Crippen molar-refractivity contribution in [3.63, 3.8) is 0 Å². The molecule has 0 aliphatic heterocycles. The van der Waals surface area contributed by atoms with Crippen molar-refractivity contribution in [3.05, 3.63) is 27.8 Å². The Morgan fingerprint density at radius 2 is 2.12 bits per heavy atom. The summed E-state index contributed by atoms with van der Waals surface area (Å²) in [6, 6.07) is 1.96. The van der Waals surface area contributed by atoms with Crippen molar-refractivity contribution in [1.29, 1.82) is 0 Å². The number of aryl methyl sites for hydroxylation is 2. The highest BCUT2D eigenvalue weighted by Gasteiger charge is 2.13. The van der Waals surface area contributed by atoms with E-state index >= 15 is 0 Å². The second-order valence-electron chi connectivity index (χ2n) is 3.85. The van der Waals surface area contributed by atoms with Crippen LogP contribution in [0.2, 0.25) is 0 Å². The van der Waals surface area contributed by atoms with Crippen LogP contribution in [-0.2, 0) is 0 Å². The van der Waals surface area contributed by atoms with Crippen molar-refractivity contribution < 1.29 is 0 Å². The summed E-state index contributed by atoms with van der Waals surface area (Å²) in [5.41, 5.74) is 6.60. The maximum atomic E-state index is 5.54. The zero-order chi connectivity index (χ0) is 12.4. The minimum atomic E-state index is 0.162. The molecule has 2 aromatic heterocycles. The quantitative estimate of drug-likeness (QED) is 0.872. The molecule has 0 amide bonds. The minimum Gasteiger partial charge on any atom is -0.368 e. The summed E-state index contributed by atoms with van der Waals surface area (Å²) in [7, 11) is 0. The lowest BCUT2D eigenvalue weighted by Gasteiger charge is -2.13. The van der Waals surface area contributed by atoms with Crippen LogP contribution in [0.15, 0.2) is 12.3 Å². The highest BCUT2D eigenvalue weighted by molar-refractivity contribution is 7.11. The molecule has 0 bridgehead atoms. The molecular formula is C11H15N5S. The maximum Gasteiger partial charge on any atom is 0.221 e. The molecule has 5 nitrogen and oxygen atoms in total. The van der Waals surface area contributed by atoms with Crippen LogP contribution in [0, 0.1) is 13.8 Å². The third kappa shape index (κ3) is 2.71. The van der Waals surface area contributed by atoms with Crippen molar-refractivity contribution in [3.8, 4) is 0 Å². The van der Waals surface area contributed by atoms with Gasteiger partial charge in [-0.15, -0.1) is 11.3 Å². The Kier molecular flexibility index (Phi) is 3.23. The predicted molar refractivity (Wildman–Crippen MR) is 70.1 cm³/mol. The van der Waals surface area contributed by atoms with E-state index in [0.717, 1.165) is 16.5 Å². The second kappa shape index (κ2) is 4.67. The van der Waals surface area contributed by atoms with Crippen LogP contribution in [0.25, 0.3) is 0 Å². The third-order valence-electron chi connectivity index (χ3n) is 2.37. The van der Waals surface area contributed by atoms with Gasteiger partial charge in [0.2, 0.25) is 5.95 Å². The zero-order valence-corrected chi connectivity index (χ0v) is 10.9. The van der Waals surface area contributed by atoms with E-state index in [1.165, 1.54) is 4.88 Å². The van der Waals surface area contributed by atoms with Gasteiger partial charge < -0.3 is 11.1 Å². The minimum absolute atomic E-state index is 0.162. The summed E-state index contributed by atoms with van der Waals surface area (Å²) >= 11 is 1.70. The highest BCUT2D eigenvalue weighted by atomic mass is 32.1. The van der Waals surface area contributed by atoms with Gasteiger partial charge in [-0.25, -0.2) is 9.97 Å². The molecule has 2 rings (SSSR count). The van der Waals surface area contributed by atoms with Crippen molar-refractivity contribution >= 4 is 23.1 Å².